The highest BCUT2D eigenvalue weighted by Crippen LogP contribution is 2.42. The molecule has 0 bridgehead atoms. The zero-order chi connectivity index (χ0) is 17.0. The molecule has 1 aromatic carbocycles. The zero-order valence-electron chi connectivity index (χ0n) is 15.3. The van der Waals surface area contributed by atoms with Gasteiger partial charge in [-0.3, -0.25) is 4.99 Å². The molecule has 0 heterocycles. The van der Waals surface area contributed by atoms with Gasteiger partial charge >= 0.3 is 0 Å². The molecule has 0 aromatic heterocycles. The largest absolute Gasteiger partial charge is 0.493 e. The van der Waals surface area contributed by atoms with E-state index in [-0.39, 0.29) is 5.41 Å². The summed E-state index contributed by atoms with van der Waals surface area (Å²) in [5.74, 6) is 1.58. The minimum absolute atomic E-state index is 0.0389. The minimum Gasteiger partial charge on any atom is -0.493 e. The van der Waals surface area contributed by atoms with Crippen LogP contribution in [0.5, 0.6) is 11.5 Å². The predicted octanol–water partition coefficient (Wildman–Crippen LogP) is 3.32. The molecule has 0 N–H and O–H groups in total. The van der Waals surface area contributed by atoms with Crippen LogP contribution in [0.25, 0.3) is 0 Å². The molecule has 4 nitrogen and oxygen atoms in total. The van der Waals surface area contributed by atoms with E-state index in [0.29, 0.717) is 0 Å². The van der Waals surface area contributed by atoms with Crippen molar-refractivity contribution in [3.8, 4) is 11.5 Å². The standard InChI is InChI=1S/C19H29N2O2/c1-7-19(11-10-15(20-2)13-18(19)21(3)4)14-8-9-16(22-5)17(12-14)23-6/h8-9,12H,7,10-11,13H2,1-6H3/q+1/t19-/m1/s1. The van der Waals surface area contributed by atoms with Gasteiger partial charge in [0.2, 0.25) is 0 Å². The Morgan fingerprint density at radius 1 is 1.17 bits per heavy atom. The van der Waals surface area contributed by atoms with E-state index in [1.54, 1.807) is 14.2 Å². The molecule has 23 heavy (non-hydrogen) atoms. The predicted molar refractivity (Wildman–Crippen MR) is 95.8 cm³/mol. The monoisotopic (exact) mass is 317 g/mol. The zero-order valence-corrected chi connectivity index (χ0v) is 15.3. The molecule has 1 fully saturated rings. The fourth-order valence-corrected chi connectivity index (χ4v) is 3.76. The molecule has 1 atom stereocenters. The maximum absolute atomic E-state index is 5.52. The molecule has 0 aliphatic heterocycles. The van der Waals surface area contributed by atoms with Crippen molar-refractivity contribution >= 4 is 11.4 Å². The number of aliphatic imine (C=N–C) groups is 1. The number of benzene rings is 1. The average Bonchev–Trinajstić information content (AvgIpc) is 2.60. The van der Waals surface area contributed by atoms with Crippen LogP contribution in [0.3, 0.4) is 0 Å². The molecule has 126 valence electrons. The van der Waals surface area contributed by atoms with E-state index in [0.717, 1.165) is 37.2 Å². The van der Waals surface area contributed by atoms with Crippen LogP contribution in [0.2, 0.25) is 0 Å². The Morgan fingerprint density at radius 3 is 2.39 bits per heavy atom. The number of methoxy groups -OCH3 is 2. The molecular weight excluding hydrogens is 288 g/mol. The number of nitrogens with zero attached hydrogens (tertiary/aromatic N) is 2. The molecule has 0 saturated heterocycles. The first-order valence-corrected chi connectivity index (χ1v) is 8.23. The normalized spacial score (nSPS) is 23.0. The Bertz CT molecular complexity index is 630. The molecule has 1 saturated carbocycles. The summed E-state index contributed by atoms with van der Waals surface area (Å²) in [4.78, 5) is 4.46. The van der Waals surface area contributed by atoms with Gasteiger partial charge in [0.25, 0.3) is 0 Å². The van der Waals surface area contributed by atoms with Gasteiger partial charge < -0.3 is 9.47 Å². The lowest BCUT2D eigenvalue weighted by atomic mass is 9.65. The first kappa shape index (κ1) is 17.5. The topological polar surface area (TPSA) is 33.8 Å². The second-order valence-corrected chi connectivity index (χ2v) is 6.31. The summed E-state index contributed by atoms with van der Waals surface area (Å²) in [6.45, 7) is 2.27. The van der Waals surface area contributed by atoms with Gasteiger partial charge in [0.15, 0.2) is 17.2 Å². The van der Waals surface area contributed by atoms with Crippen molar-refractivity contribution in [2.75, 3.05) is 35.4 Å². The van der Waals surface area contributed by atoms with Gasteiger partial charge in [-0.1, -0.05) is 13.0 Å². The summed E-state index contributed by atoms with van der Waals surface area (Å²) >= 11 is 0. The van der Waals surface area contributed by atoms with E-state index in [2.05, 4.69) is 42.7 Å². The Morgan fingerprint density at radius 2 is 1.87 bits per heavy atom. The van der Waals surface area contributed by atoms with Crippen molar-refractivity contribution in [1.29, 1.82) is 0 Å². The van der Waals surface area contributed by atoms with Crippen LogP contribution in [0.4, 0.5) is 0 Å². The van der Waals surface area contributed by atoms with Gasteiger partial charge in [-0.05, 0) is 37.0 Å². The van der Waals surface area contributed by atoms with Gasteiger partial charge in [0, 0.05) is 12.8 Å². The second-order valence-electron chi connectivity index (χ2n) is 6.31. The van der Waals surface area contributed by atoms with Crippen molar-refractivity contribution in [3.05, 3.63) is 23.8 Å². The van der Waals surface area contributed by atoms with Crippen LogP contribution in [0, 0.1) is 0 Å². The minimum atomic E-state index is 0.0389. The Balaban J connectivity index is 2.58. The molecule has 0 amide bonds. The third-order valence-corrected chi connectivity index (χ3v) is 5.16. The van der Waals surface area contributed by atoms with Crippen LogP contribution in [0.15, 0.2) is 23.2 Å². The summed E-state index contributed by atoms with van der Waals surface area (Å²) in [5.41, 5.74) is 4.06. The third kappa shape index (κ3) is 3.12. The Kier molecular flexibility index (Phi) is 5.45. The fourth-order valence-electron chi connectivity index (χ4n) is 3.76. The second kappa shape index (κ2) is 7.16. The maximum atomic E-state index is 5.52. The SMILES string of the molecule is CC[C@]1(c2ccc(OC)c(OC)c2)CCC(=NC)CC1=[N+](C)C. The summed E-state index contributed by atoms with van der Waals surface area (Å²) in [7, 11) is 9.55. The van der Waals surface area contributed by atoms with E-state index >= 15 is 0 Å². The van der Waals surface area contributed by atoms with Gasteiger partial charge in [0.05, 0.1) is 26.1 Å². The van der Waals surface area contributed by atoms with Crippen LogP contribution in [-0.2, 0) is 5.41 Å². The van der Waals surface area contributed by atoms with Crippen LogP contribution in [-0.4, -0.2) is 51.4 Å². The quantitative estimate of drug-likeness (QED) is 0.798. The highest BCUT2D eigenvalue weighted by Gasteiger charge is 2.44. The lowest BCUT2D eigenvalue weighted by Gasteiger charge is -2.36. The Hall–Kier alpha value is -1.84. The summed E-state index contributed by atoms with van der Waals surface area (Å²) in [5, 5.41) is 0. The first-order valence-electron chi connectivity index (χ1n) is 8.23. The fraction of sp³-hybridized carbons (Fsp3) is 0.579. The van der Waals surface area contributed by atoms with E-state index in [9.17, 15) is 0 Å². The first-order chi connectivity index (χ1) is 11.0. The van der Waals surface area contributed by atoms with Crippen LogP contribution >= 0.6 is 0 Å². The van der Waals surface area contributed by atoms with Gasteiger partial charge in [-0.2, -0.15) is 0 Å². The molecule has 2 rings (SSSR count). The highest BCUT2D eigenvalue weighted by atomic mass is 16.5. The van der Waals surface area contributed by atoms with E-state index in [1.165, 1.54) is 17.0 Å². The van der Waals surface area contributed by atoms with Crippen LogP contribution < -0.4 is 9.47 Å². The van der Waals surface area contributed by atoms with Gasteiger partial charge in [-0.15, -0.1) is 0 Å². The van der Waals surface area contributed by atoms with Crippen molar-refractivity contribution in [3.63, 3.8) is 0 Å². The van der Waals surface area contributed by atoms with Crippen molar-refractivity contribution in [2.24, 2.45) is 4.99 Å². The highest BCUT2D eigenvalue weighted by molar-refractivity contribution is 6.09. The molecule has 1 aliphatic carbocycles. The smallest absolute Gasteiger partial charge is 0.168 e. The molecule has 0 unspecified atom stereocenters. The Labute approximate surface area is 139 Å². The van der Waals surface area contributed by atoms with Gasteiger partial charge in [0.1, 0.15) is 14.1 Å². The van der Waals surface area contributed by atoms with Crippen molar-refractivity contribution in [2.45, 2.75) is 38.0 Å². The van der Waals surface area contributed by atoms with Gasteiger partial charge in [-0.25, -0.2) is 4.58 Å². The molecule has 1 aliphatic rings. The number of hydrogen-bond acceptors (Lipinski definition) is 3. The van der Waals surface area contributed by atoms with Crippen molar-refractivity contribution in [1.82, 2.24) is 0 Å². The third-order valence-electron chi connectivity index (χ3n) is 5.16. The number of hydrogen-bond donors (Lipinski definition) is 0. The summed E-state index contributed by atoms with van der Waals surface area (Å²) in [6.07, 6.45) is 4.15. The average molecular weight is 317 g/mol. The maximum Gasteiger partial charge on any atom is 0.168 e. The van der Waals surface area contributed by atoms with Crippen molar-refractivity contribution < 1.29 is 14.0 Å². The van der Waals surface area contributed by atoms with E-state index < -0.39 is 0 Å². The molecule has 0 spiro atoms. The molecule has 0 radical (unpaired) electrons. The number of rotatable bonds is 4. The molecule has 4 heteroatoms. The van der Waals surface area contributed by atoms with Crippen LogP contribution in [0.1, 0.15) is 38.2 Å². The summed E-state index contributed by atoms with van der Waals surface area (Å²) in [6, 6.07) is 6.34. The van der Waals surface area contributed by atoms with E-state index in [4.69, 9.17) is 9.47 Å². The lowest BCUT2D eigenvalue weighted by Crippen LogP contribution is -2.44. The summed E-state index contributed by atoms with van der Waals surface area (Å²) < 4.78 is 13.2. The molecule has 1 aromatic rings. The molecular formula is C19H29N2O2+. The lowest BCUT2D eigenvalue weighted by molar-refractivity contribution is -0.469. The number of ether oxygens (including phenoxy) is 2. The van der Waals surface area contributed by atoms with E-state index in [1.807, 2.05) is 13.1 Å².